The molecule has 0 saturated heterocycles. The molecule has 1 heterocycles. The fraction of sp³-hybridized carbons (Fsp3) is 0.500. The smallest absolute Gasteiger partial charge is 0.140 e. The van der Waals surface area contributed by atoms with Crippen molar-refractivity contribution in [3.63, 3.8) is 0 Å². The van der Waals surface area contributed by atoms with Crippen molar-refractivity contribution in [3.05, 3.63) is 23.2 Å². The van der Waals surface area contributed by atoms with Gasteiger partial charge in [-0.25, -0.2) is 9.67 Å². The molecule has 0 aromatic carbocycles. The first kappa shape index (κ1) is 10.4. The molecule has 0 unspecified atom stereocenters. The van der Waals surface area contributed by atoms with Gasteiger partial charge >= 0.3 is 0 Å². The number of halogens is 1. The lowest BCUT2D eigenvalue weighted by atomic mass is 10.5. The largest absolute Gasteiger partial charge is 0.305 e. The van der Waals surface area contributed by atoms with Crippen LogP contribution in [0, 0.1) is 0 Å². The number of nitrogens with one attached hydrogen (secondary N) is 1. The molecule has 5 heteroatoms. The summed E-state index contributed by atoms with van der Waals surface area (Å²) in [6.45, 7) is 8.09. The quantitative estimate of drug-likeness (QED) is 0.850. The van der Waals surface area contributed by atoms with Crippen molar-refractivity contribution < 1.29 is 0 Å². The maximum Gasteiger partial charge on any atom is 0.140 e. The van der Waals surface area contributed by atoms with E-state index in [1.54, 1.807) is 6.33 Å². The lowest BCUT2D eigenvalue weighted by Gasteiger charge is -2.03. The summed E-state index contributed by atoms with van der Waals surface area (Å²) in [6.07, 6.45) is 1.57. The Morgan fingerprint density at radius 1 is 1.77 bits per heavy atom. The van der Waals surface area contributed by atoms with Crippen LogP contribution in [0.4, 0.5) is 0 Å². The topological polar surface area (TPSA) is 42.7 Å². The standard InChI is InChI=1S/C8H13BrN4/c1-3-13-8(11-6-12-13)5-10-4-7(2)9/h6,10H,2-5H2,1H3. The molecule has 1 aromatic rings. The van der Waals surface area contributed by atoms with Crippen LogP contribution in [0.2, 0.25) is 0 Å². The van der Waals surface area contributed by atoms with E-state index in [0.29, 0.717) is 0 Å². The second-order valence-electron chi connectivity index (χ2n) is 2.61. The zero-order chi connectivity index (χ0) is 9.68. The van der Waals surface area contributed by atoms with Crippen molar-refractivity contribution in [2.45, 2.75) is 20.0 Å². The molecule has 0 spiro atoms. The molecular weight excluding hydrogens is 232 g/mol. The van der Waals surface area contributed by atoms with Gasteiger partial charge in [0.2, 0.25) is 0 Å². The van der Waals surface area contributed by atoms with Crippen LogP contribution >= 0.6 is 15.9 Å². The molecule has 0 fully saturated rings. The van der Waals surface area contributed by atoms with Gasteiger partial charge in [-0.1, -0.05) is 22.5 Å². The molecule has 0 atom stereocenters. The molecule has 1 N–H and O–H groups in total. The Balaban J connectivity index is 2.40. The van der Waals surface area contributed by atoms with Crippen molar-refractivity contribution in [2.75, 3.05) is 6.54 Å². The van der Waals surface area contributed by atoms with Crippen molar-refractivity contribution >= 4 is 15.9 Å². The zero-order valence-corrected chi connectivity index (χ0v) is 9.21. The Bertz CT molecular complexity index is 281. The average molecular weight is 245 g/mol. The van der Waals surface area contributed by atoms with E-state index in [-0.39, 0.29) is 0 Å². The maximum atomic E-state index is 4.13. The van der Waals surface area contributed by atoms with E-state index in [0.717, 1.165) is 29.9 Å². The van der Waals surface area contributed by atoms with E-state index in [4.69, 9.17) is 0 Å². The van der Waals surface area contributed by atoms with Gasteiger partial charge in [-0.3, -0.25) is 0 Å². The second-order valence-corrected chi connectivity index (χ2v) is 3.73. The number of rotatable bonds is 5. The SMILES string of the molecule is C=C(Br)CNCc1ncnn1CC. The maximum absolute atomic E-state index is 4.13. The molecule has 1 rings (SSSR count). The molecule has 0 bridgehead atoms. The van der Waals surface area contributed by atoms with Crippen molar-refractivity contribution in [1.82, 2.24) is 20.1 Å². The summed E-state index contributed by atoms with van der Waals surface area (Å²) in [5, 5.41) is 7.26. The lowest BCUT2D eigenvalue weighted by molar-refractivity contribution is 0.586. The summed E-state index contributed by atoms with van der Waals surface area (Å²) in [4.78, 5) is 4.13. The van der Waals surface area contributed by atoms with Gasteiger partial charge in [0, 0.05) is 17.6 Å². The highest BCUT2D eigenvalue weighted by atomic mass is 79.9. The number of hydrogen-bond acceptors (Lipinski definition) is 3. The normalized spacial score (nSPS) is 10.3. The number of aryl methyl sites for hydroxylation is 1. The third-order valence-electron chi connectivity index (χ3n) is 1.60. The highest BCUT2D eigenvalue weighted by Crippen LogP contribution is 1.98. The summed E-state index contributed by atoms with van der Waals surface area (Å²) in [7, 11) is 0. The zero-order valence-electron chi connectivity index (χ0n) is 7.63. The first-order valence-electron chi connectivity index (χ1n) is 4.14. The van der Waals surface area contributed by atoms with Crippen LogP contribution < -0.4 is 5.32 Å². The molecule has 0 amide bonds. The Labute approximate surface area is 86.2 Å². The summed E-state index contributed by atoms with van der Waals surface area (Å²) in [5.74, 6) is 0.955. The third kappa shape index (κ3) is 3.28. The fourth-order valence-corrected chi connectivity index (χ4v) is 1.20. The minimum absolute atomic E-state index is 0.721. The minimum Gasteiger partial charge on any atom is -0.305 e. The van der Waals surface area contributed by atoms with Crippen molar-refractivity contribution in [3.8, 4) is 0 Å². The molecule has 0 aliphatic carbocycles. The summed E-state index contributed by atoms with van der Waals surface area (Å²) in [6, 6.07) is 0. The van der Waals surface area contributed by atoms with E-state index in [1.165, 1.54) is 0 Å². The van der Waals surface area contributed by atoms with Gasteiger partial charge in [0.25, 0.3) is 0 Å². The van der Waals surface area contributed by atoms with E-state index < -0.39 is 0 Å². The minimum atomic E-state index is 0.721. The molecular formula is C8H13BrN4. The van der Waals surface area contributed by atoms with E-state index in [9.17, 15) is 0 Å². The summed E-state index contributed by atoms with van der Waals surface area (Å²) < 4.78 is 2.80. The Morgan fingerprint density at radius 2 is 2.54 bits per heavy atom. The van der Waals surface area contributed by atoms with Crippen LogP contribution in [-0.2, 0) is 13.1 Å². The first-order chi connectivity index (χ1) is 6.24. The molecule has 1 aromatic heterocycles. The Kier molecular flexibility index (Phi) is 4.11. The summed E-state index contributed by atoms with van der Waals surface area (Å²) in [5.41, 5.74) is 0. The van der Waals surface area contributed by atoms with Crippen LogP contribution in [0.25, 0.3) is 0 Å². The predicted molar refractivity (Wildman–Crippen MR) is 55.5 cm³/mol. The van der Waals surface area contributed by atoms with E-state index >= 15 is 0 Å². The lowest BCUT2D eigenvalue weighted by Crippen LogP contribution is -2.18. The Hall–Kier alpha value is -0.680. The average Bonchev–Trinajstić information content (AvgIpc) is 2.51. The van der Waals surface area contributed by atoms with Gasteiger partial charge in [-0.05, 0) is 6.92 Å². The van der Waals surface area contributed by atoms with Gasteiger partial charge in [-0.15, -0.1) is 0 Å². The predicted octanol–water partition coefficient (Wildman–Crippen LogP) is 1.30. The number of aromatic nitrogens is 3. The molecule has 13 heavy (non-hydrogen) atoms. The number of hydrogen-bond donors (Lipinski definition) is 1. The van der Waals surface area contributed by atoms with Gasteiger partial charge in [0.05, 0.1) is 6.54 Å². The van der Waals surface area contributed by atoms with Gasteiger partial charge in [-0.2, -0.15) is 5.10 Å². The van der Waals surface area contributed by atoms with Crippen LogP contribution in [0.3, 0.4) is 0 Å². The summed E-state index contributed by atoms with van der Waals surface area (Å²) >= 11 is 3.27. The molecule has 0 aliphatic rings. The molecule has 72 valence electrons. The van der Waals surface area contributed by atoms with Gasteiger partial charge < -0.3 is 5.32 Å². The molecule has 0 aliphatic heterocycles. The molecule has 4 nitrogen and oxygen atoms in total. The second kappa shape index (κ2) is 5.14. The van der Waals surface area contributed by atoms with Crippen molar-refractivity contribution in [2.24, 2.45) is 0 Å². The van der Waals surface area contributed by atoms with Crippen molar-refractivity contribution in [1.29, 1.82) is 0 Å². The van der Waals surface area contributed by atoms with Gasteiger partial charge in [0.1, 0.15) is 12.2 Å². The molecule has 0 radical (unpaired) electrons. The van der Waals surface area contributed by atoms with E-state index in [2.05, 4.69) is 37.9 Å². The number of nitrogens with zero attached hydrogens (tertiary/aromatic N) is 3. The highest BCUT2D eigenvalue weighted by molar-refractivity contribution is 9.11. The molecule has 0 saturated carbocycles. The third-order valence-corrected chi connectivity index (χ3v) is 1.88. The van der Waals surface area contributed by atoms with Gasteiger partial charge in [0.15, 0.2) is 0 Å². The Morgan fingerprint density at radius 3 is 3.15 bits per heavy atom. The highest BCUT2D eigenvalue weighted by Gasteiger charge is 2.00. The van der Waals surface area contributed by atoms with Crippen LogP contribution in [0.5, 0.6) is 0 Å². The van der Waals surface area contributed by atoms with Crippen LogP contribution in [-0.4, -0.2) is 21.3 Å². The first-order valence-corrected chi connectivity index (χ1v) is 4.94. The monoisotopic (exact) mass is 244 g/mol. The van der Waals surface area contributed by atoms with Crippen LogP contribution in [0.1, 0.15) is 12.7 Å². The fourth-order valence-electron chi connectivity index (χ4n) is 0.999. The van der Waals surface area contributed by atoms with Crippen LogP contribution in [0.15, 0.2) is 17.4 Å². The van der Waals surface area contributed by atoms with E-state index in [1.807, 2.05) is 11.6 Å².